The van der Waals surface area contributed by atoms with Gasteiger partial charge in [-0.2, -0.15) is 0 Å². The van der Waals surface area contributed by atoms with Gasteiger partial charge in [-0.3, -0.25) is 9.69 Å². The van der Waals surface area contributed by atoms with Gasteiger partial charge < -0.3 is 4.42 Å². The van der Waals surface area contributed by atoms with Crippen molar-refractivity contribution < 1.29 is 9.21 Å². The largest absolute Gasteiger partial charge is 0.450 e. The van der Waals surface area contributed by atoms with Gasteiger partial charge in [0.25, 0.3) is 5.91 Å². The molecule has 122 valence electrons. The van der Waals surface area contributed by atoms with Crippen molar-refractivity contribution in [1.29, 1.82) is 0 Å². The van der Waals surface area contributed by atoms with Gasteiger partial charge in [-0.1, -0.05) is 59.5 Å². The van der Waals surface area contributed by atoms with Crippen molar-refractivity contribution in [2.75, 3.05) is 6.54 Å². The summed E-state index contributed by atoms with van der Waals surface area (Å²) < 4.78 is 6.35. The number of carbonyl (C=O) groups excluding carboxylic acids is 1. The minimum absolute atomic E-state index is 0.103. The molecule has 0 saturated carbocycles. The average molecular weight is 374 g/mol. The van der Waals surface area contributed by atoms with E-state index in [1.165, 1.54) is 22.2 Å². The van der Waals surface area contributed by atoms with Crippen LogP contribution in [0.25, 0.3) is 6.08 Å². The lowest BCUT2D eigenvalue weighted by Crippen LogP contribution is -2.27. The van der Waals surface area contributed by atoms with Crippen LogP contribution in [-0.4, -0.2) is 21.7 Å². The quantitative estimate of drug-likeness (QED) is 0.412. The third kappa shape index (κ3) is 3.83. The normalized spacial score (nSPS) is 16.2. The van der Waals surface area contributed by atoms with Crippen LogP contribution in [0.2, 0.25) is 0 Å². The number of rotatable bonds is 5. The molecule has 3 nitrogen and oxygen atoms in total. The summed E-state index contributed by atoms with van der Waals surface area (Å²) in [5.74, 6) is 0.540. The maximum absolute atomic E-state index is 12.3. The molecule has 0 radical (unpaired) electrons. The van der Waals surface area contributed by atoms with Crippen molar-refractivity contribution in [2.24, 2.45) is 0 Å². The van der Waals surface area contributed by atoms with Gasteiger partial charge in [0.05, 0.1) is 4.91 Å². The highest BCUT2D eigenvalue weighted by Gasteiger charge is 2.31. The highest BCUT2D eigenvalue weighted by molar-refractivity contribution is 8.26. The molecule has 2 heterocycles. The molecule has 0 atom stereocenters. The number of nitrogens with zero attached hydrogens (tertiary/aromatic N) is 1. The second-order valence-electron chi connectivity index (χ2n) is 5.15. The molecule has 1 fully saturated rings. The first-order valence-electron chi connectivity index (χ1n) is 7.27. The molecule has 2 aromatic rings. The SMILES string of the molecule is C=CCN1C(=O)C(=Cc2ccc(Sc3ccc(C)cc3)o2)SC1=S. The van der Waals surface area contributed by atoms with Crippen LogP contribution in [-0.2, 0) is 4.79 Å². The minimum atomic E-state index is -0.103. The van der Waals surface area contributed by atoms with Crippen molar-refractivity contribution in [1.82, 2.24) is 4.90 Å². The number of hydrogen-bond acceptors (Lipinski definition) is 5. The van der Waals surface area contributed by atoms with Gasteiger partial charge in [-0.15, -0.1) is 6.58 Å². The number of amides is 1. The molecular weight excluding hydrogens is 358 g/mol. The Hall–Kier alpha value is -1.76. The molecule has 0 unspecified atom stereocenters. The summed E-state index contributed by atoms with van der Waals surface area (Å²) in [7, 11) is 0. The second-order valence-corrected chi connectivity index (χ2v) is 7.91. The number of hydrogen-bond donors (Lipinski definition) is 0. The van der Waals surface area contributed by atoms with Crippen LogP contribution >= 0.6 is 35.7 Å². The minimum Gasteiger partial charge on any atom is -0.450 e. The van der Waals surface area contributed by atoms with E-state index >= 15 is 0 Å². The van der Waals surface area contributed by atoms with Crippen molar-refractivity contribution in [3.63, 3.8) is 0 Å². The van der Waals surface area contributed by atoms with E-state index in [2.05, 4.69) is 37.8 Å². The molecule has 0 N–H and O–H groups in total. The summed E-state index contributed by atoms with van der Waals surface area (Å²) in [6, 6.07) is 12.0. The van der Waals surface area contributed by atoms with Crippen molar-refractivity contribution >= 4 is 52.0 Å². The standard InChI is InChI=1S/C18H15NO2S3/c1-3-10-19-17(20)15(24-18(19)22)11-13-6-9-16(21-13)23-14-7-4-12(2)5-8-14/h3-9,11H,1,10H2,2H3. The van der Waals surface area contributed by atoms with E-state index in [1.807, 2.05) is 12.1 Å². The monoisotopic (exact) mass is 373 g/mol. The van der Waals surface area contributed by atoms with E-state index in [0.717, 1.165) is 9.99 Å². The predicted octanol–water partition coefficient (Wildman–Crippen LogP) is 5.13. The fraction of sp³-hybridized carbons (Fsp3) is 0.111. The first-order valence-corrected chi connectivity index (χ1v) is 9.31. The van der Waals surface area contributed by atoms with Gasteiger partial charge in [0, 0.05) is 17.5 Å². The van der Waals surface area contributed by atoms with E-state index in [9.17, 15) is 4.79 Å². The Morgan fingerprint density at radius 2 is 2.04 bits per heavy atom. The van der Waals surface area contributed by atoms with Crippen LogP contribution in [0, 0.1) is 6.92 Å². The fourth-order valence-corrected chi connectivity index (χ4v) is 4.14. The third-order valence-corrected chi connectivity index (χ3v) is 5.61. The number of thioether (sulfide) groups is 1. The molecule has 1 amide bonds. The van der Waals surface area contributed by atoms with E-state index in [1.54, 1.807) is 23.9 Å². The van der Waals surface area contributed by atoms with E-state index in [4.69, 9.17) is 16.6 Å². The van der Waals surface area contributed by atoms with Gasteiger partial charge in [0.15, 0.2) is 5.09 Å². The van der Waals surface area contributed by atoms with Crippen LogP contribution in [0.1, 0.15) is 11.3 Å². The molecule has 6 heteroatoms. The first kappa shape index (κ1) is 17.1. The Kier molecular flexibility index (Phi) is 5.28. The topological polar surface area (TPSA) is 33.5 Å². The van der Waals surface area contributed by atoms with Crippen molar-refractivity contribution in [3.8, 4) is 0 Å². The molecule has 1 aliphatic rings. The lowest BCUT2D eigenvalue weighted by atomic mass is 10.2. The van der Waals surface area contributed by atoms with E-state index < -0.39 is 0 Å². The number of furan rings is 1. The predicted molar refractivity (Wildman–Crippen MR) is 104 cm³/mol. The summed E-state index contributed by atoms with van der Waals surface area (Å²) >= 11 is 8.06. The number of benzene rings is 1. The van der Waals surface area contributed by atoms with Gasteiger partial charge in [-0.05, 0) is 31.2 Å². The Morgan fingerprint density at radius 1 is 1.29 bits per heavy atom. The second kappa shape index (κ2) is 7.42. The lowest BCUT2D eigenvalue weighted by molar-refractivity contribution is -0.121. The first-order chi connectivity index (χ1) is 11.6. The molecule has 0 bridgehead atoms. The zero-order valence-electron chi connectivity index (χ0n) is 13.0. The van der Waals surface area contributed by atoms with Crippen LogP contribution in [0.5, 0.6) is 0 Å². The molecule has 1 aromatic heterocycles. The number of thiocarbonyl (C=S) groups is 1. The smallest absolute Gasteiger partial charge is 0.266 e. The summed E-state index contributed by atoms with van der Waals surface area (Å²) in [5, 5.41) is 0.784. The van der Waals surface area contributed by atoms with E-state index in [0.29, 0.717) is 21.5 Å². The highest BCUT2D eigenvalue weighted by atomic mass is 32.2. The van der Waals surface area contributed by atoms with Crippen molar-refractivity contribution in [2.45, 2.75) is 16.9 Å². The van der Waals surface area contributed by atoms with Gasteiger partial charge in [0.1, 0.15) is 10.1 Å². The van der Waals surface area contributed by atoms with Crippen LogP contribution < -0.4 is 0 Å². The molecule has 24 heavy (non-hydrogen) atoms. The van der Waals surface area contributed by atoms with Gasteiger partial charge >= 0.3 is 0 Å². The summed E-state index contributed by atoms with van der Waals surface area (Å²) in [6.07, 6.45) is 3.40. The third-order valence-electron chi connectivity index (χ3n) is 3.30. The number of carbonyl (C=O) groups is 1. The molecule has 1 aromatic carbocycles. The fourth-order valence-electron chi connectivity index (χ4n) is 2.10. The Morgan fingerprint density at radius 3 is 2.75 bits per heavy atom. The Labute approximate surface area is 154 Å². The molecule has 1 saturated heterocycles. The van der Waals surface area contributed by atoms with Crippen LogP contribution in [0.4, 0.5) is 0 Å². The maximum atomic E-state index is 12.3. The molecule has 0 aliphatic carbocycles. The zero-order valence-corrected chi connectivity index (χ0v) is 15.5. The van der Waals surface area contributed by atoms with Crippen LogP contribution in [0.15, 0.2) is 68.4 Å². The molecular formula is C18H15NO2S3. The molecule has 0 spiro atoms. The number of aryl methyl sites for hydroxylation is 1. The zero-order chi connectivity index (χ0) is 17.1. The van der Waals surface area contributed by atoms with E-state index in [-0.39, 0.29) is 5.91 Å². The van der Waals surface area contributed by atoms with Crippen molar-refractivity contribution in [3.05, 3.63) is 65.3 Å². The van der Waals surface area contributed by atoms with Gasteiger partial charge in [0.2, 0.25) is 0 Å². The Balaban J connectivity index is 1.74. The summed E-state index contributed by atoms with van der Waals surface area (Å²) in [6.45, 7) is 6.13. The summed E-state index contributed by atoms with van der Waals surface area (Å²) in [4.78, 5) is 15.5. The lowest BCUT2D eigenvalue weighted by Gasteiger charge is -2.10. The Bertz CT molecular complexity index is 821. The maximum Gasteiger partial charge on any atom is 0.266 e. The van der Waals surface area contributed by atoms with Crippen LogP contribution in [0.3, 0.4) is 0 Å². The van der Waals surface area contributed by atoms with Gasteiger partial charge in [-0.25, -0.2) is 0 Å². The molecule has 1 aliphatic heterocycles. The highest BCUT2D eigenvalue weighted by Crippen LogP contribution is 2.34. The average Bonchev–Trinajstić information content (AvgIpc) is 3.10. The molecule has 3 rings (SSSR count). The summed E-state index contributed by atoms with van der Waals surface area (Å²) in [5.41, 5.74) is 1.22.